The van der Waals surface area contributed by atoms with Gasteiger partial charge in [-0.15, -0.1) is 0 Å². The number of piperazine rings is 1. The van der Waals surface area contributed by atoms with Crippen molar-refractivity contribution in [3.63, 3.8) is 0 Å². The van der Waals surface area contributed by atoms with E-state index >= 15 is 0 Å². The van der Waals surface area contributed by atoms with Crippen LogP contribution in [0.1, 0.15) is 22.8 Å². The summed E-state index contributed by atoms with van der Waals surface area (Å²) in [7, 11) is 0. The van der Waals surface area contributed by atoms with Crippen LogP contribution < -0.4 is 4.90 Å². The third-order valence-corrected chi connectivity index (χ3v) is 4.33. The van der Waals surface area contributed by atoms with Crippen molar-refractivity contribution in [2.45, 2.75) is 13.0 Å². The fraction of sp³-hybridized carbons (Fsp3) is 0.333. The van der Waals surface area contributed by atoms with E-state index in [4.69, 9.17) is 0 Å². The Morgan fingerprint density at radius 1 is 1.17 bits per heavy atom. The Morgan fingerprint density at radius 3 is 2.48 bits per heavy atom. The number of carbonyl (C=O) groups excluding carboxylic acids is 1. The van der Waals surface area contributed by atoms with Crippen LogP contribution in [-0.2, 0) is 4.79 Å². The zero-order chi connectivity index (χ0) is 16.2. The van der Waals surface area contributed by atoms with E-state index in [-0.39, 0.29) is 0 Å². The Kier molecular flexibility index (Phi) is 4.57. The molecule has 1 fully saturated rings. The first-order chi connectivity index (χ1) is 11.2. The Labute approximate surface area is 136 Å². The molecule has 0 bridgehead atoms. The third-order valence-electron chi connectivity index (χ3n) is 4.33. The minimum absolute atomic E-state index is 0.662. The molecular weight excluding hydrogens is 290 g/mol. The Morgan fingerprint density at radius 2 is 1.87 bits per heavy atom. The van der Waals surface area contributed by atoms with Crippen LogP contribution in [0.4, 0.5) is 5.82 Å². The van der Waals surface area contributed by atoms with Gasteiger partial charge in [-0.05, 0) is 24.1 Å². The summed E-state index contributed by atoms with van der Waals surface area (Å²) in [6, 6.07) is 11.6. The Balaban J connectivity index is 1.77. The monoisotopic (exact) mass is 311 g/mol. The van der Waals surface area contributed by atoms with Crippen molar-refractivity contribution in [3.8, 4) is 0 Å². The number of carbonyl (C=O) groups is 1. The van der Waals surface area contributed by atoms with Gasteiger partial charge < -0.3 is 14.9 Å². The van der Waals surface area contributed by atoms with Crippen LogP contribution in [0.3, 0.4) is 0 Å². The summed E-state index contributed by atoms with van der Waals surface area (Å²) >= 11 is 0. The predicted molar refractivity (Wildman–Crippen MR) is 89.3 cm³/mol. The average molecular weight is 311 g/mol. The van der Waals surface area contributed by atoms with Crippen LogP contribution in [0.25, 0.3) is 0 Å². The maximum atomic E-state index is 10.8. The maximum Gasteiger partial charge on any atom is 0.209 e. The lowest BCUT2D eigenvalue weighted by Gasteiger charge is -2.33. The number of aliphatic hydroxyl groups is 1. The van der Waals surface area contributed by atoms with Crippen molar-refractivity contribution in [3.05, 3.63) is 59.3 Å². The van der Waals surface area contributed by atoms with E-state index in [9.17, 15) is 9.90 Å². The molecule has 0 radical (unpaired) electrons. The first-order valence-electron chi connectivity index (χ1n) is 7.83. The van der Waals surface area contributed by atoms with Crippen molar-refractivity contribution < 1.29 is 9.90 Å². The molecule has 23 heavy (non-hydrogen) atoms. The SMILES string of the molecule is Cc1cc(N2CCN(C=O)CC2)ncc1[C@H](O)c1ccccc1. The molecule has 0 unspecified atom stereocenters. The normalized spacial score (nSPS) is 16.3. The maximum absolute atomic E-state index is 10.8. The highest BCUT2D eigenvalue weighted by atomic mass is 16.3. The van der Waals surface area contributed by atoms with Gasteiger partial charge in [0.05, 0.1) is 0 Å². The van der Waals surface area contributed by atoms with Gasteiger partial charge in [-0.2, -0.15) is 0 Å². The number of aryl methyl sites for hydroxylation is 1. The van der Waals surface area contributed by atoms with Crippen LogP contribution in [0.2, 0.25) is 0 Å². The van der Waals surface area contributed by atoms with Gasteiger partial charge in [-0.25, -0.2) is 4.98 Å². The minimum atomic E-state index is -0.662. The molecule has 1 atom stereocenters. The van der Waals surface area contributed by atoms with E-state index in [1.165, 1.54) is 0 Å². The number of aliphatic hydroxyl groups excluding tert-OH is 1. The molecule has 2 aromatic rings. The number of pyridine rings is 1. The van der Waals surface area contributed by atoms with E-state index in [1.807, 2.05) is 43.3 Å². The van der Waals surface area contributed by atoms with E-state index in [0.717, 1.165) is 55.1 Å². The number of benzene rings is 1. The van der Waals surface area contributed by atoms with Gasteiger partial charge in [0.2, 0.25) is 6.41 Å². The molecule has 1 aliphatic rings. The second-order valence-electron chi connectivity index (χ2n) is 5.84. The number of nitrogens with zero attached hydrogens (tertiary/aromatic N) is 3. The molecular formula is C18H21N3O2. The first-order valence-corrected chi connectivity index (χ1v) is 7.83. The molecule has 1 aromatic carbocycles. The summed E-state index contributed by atoms with van der Waals surface area (Å²) in [5.74, 6) is 0.900. The molecule has 1 aliphatic heterocycles. The first kappa shape index (κ1) is 15.5. The third kappa shape index (κ3) is 3.35. The lowest BCUT2D eigenvalue weighted by Crippen LogP contribution is -2.46. The summed E-state index contributed by atoms with van der Waals surface area (Å²) in [5, 5.41) is 10.5. The number of aromatic nitrogens is 1. The largest absolute Gasteiger partial charge is 0.384 e. The van der Waals surface area contributed by atoms with Crippen LogP contribution in [0, 0.1) is 6.92 Å². The summed E-state index contributed by atoms with van der Waals surface area (Å²) < 4.78 is 0. The molecule has 0 saturated carbocycles. The highest BCUT2D eigenvalue weighted by Gasteiger charge is 2.19. The zero-order valence-electron chi connectivity index (χ0n) is 13.2. The fourth-order valence-electron chi connectivity index (χ4n) is 2.88. The van der Waals surface area contributed by atoms with Gasteiger partial charge in [-0.3, -0.25) is 4.79 Å². The molecule has 2 heterocycles. The smallest absolute Gasteiger partial charge is 0.209 e. The van der Waals surface area contributed by atoms with Crippen LogP contribution in [0.5, 0.6) is 0 Å². The molecule has 5 nitrogen and oxygen atoms in total. The molecule has 1 amide bonds. The van der Waals surface area contributed by atoms with E-state index in [1.54, 1.807) is 11.1 Å². The van der Waals surface area contributed by atoms with Gasteiger partial charge >= 0.3 is 0 Å². The van der Waals surface area contributed by atoms with Gasteiger partial charge in [0.1, 0.15) is 11.9 Å². The summed E-state index contributed by atoms with van der Waals surface area (Å²) in [6.45, 7) is 5.00. The van der Waals surface area contributed by atoms with Crippen LogP contribution in [0.15, 0.2) is 42.6 Å². The van der Waals surface area contributed by atoms with Crippen LogP contribution >= 0.6 is 0 Å². The molecule has 0 spiro atoms. The van der Waals surface area contributed by atoms with Crippen molar-refractivity contribution in [2.24, 2.45) is 0 Å². The topological polar surface area (TPSA) is 56.7 Å². The molecule has 120 valence electrons. The lowest BCUT2D eigenvalue weighted by molar-refractivity contribution is -0.118. The Hall–Kier alpha value is -2.40. The molecule has 1 N–H and O–H groups in total. The van der Waals surface area contributed by atoms with Crippen molar-refractivity contribution in [2.75, 3.05) is 31.1 Å². The number of anilines is 1. The fourth-order valence-corrected chi connectivity index (χ4v) is 2.88. The summed E-state index contributed by atoms with van der Waals surface area (Å²) in [5.41, 5.74) is 2.71. The number of hydrogen-bond donors (Lipinski definition) is 1. The highest BCUT2D eigenvalue weighted by Crippen LogP contribution is 2.26. The molecule has 0 aliphatic carbocycles. The Bertz CT molecular complexity index is 667. The van der Waals surface area contributed by atoms with Gasteiger partial charge in [0, 0.05) is 37.9 Å². The molecule has 5 heteroatoms. The lowest BCUT2D eigenvalue weighted by atomic mass is 9.99. The van der Waals surface area contributed by atoms with E-state index < -0.39 is 6.10 Å². The average Bonchev–Trinajstić information content (AvgIpc) is 2.62. The second-order valence-corrected chi connectivity index (χ2v) is 5.84. The predicted octanol–water partition coefficient (Wildman–Crippen LogP) is 1.75. The second kappa shape index (κ2) is 6.79. The summed E-state index contributed by atoms with van der Waals surface area (Å²) in [6.07, 6.45) is 1.99. The molecule has 1 aromatic heterocycles. The van der Waals surface area contributed by atoms with Gasteiger partial charge in [0.15, 0.2) is 0 Å². The standard InChI is InChI=1S/C18H21N3O2/c1-14-11-17(21-9-7-20(13-22)8-10-21)19-12-16(14)18(23)15-5-3-2-4-6-15/h2-6,11-13,18,23H,7-10H2,1H3/t18-/m1/s1. The van der Waals surface area contributed by atoms with E-state index in [2.05, 4.69) is 9.88 Å². The number of hydrogen-bond acceptors (Lipinski definition) is 4. The van der Waals surface area contributed by atoms with E-state index in [0.29, 0.717) is 0 Å². The minimum Gasteiger partial charge on any atom is -0.384 e. The number of rotatable bonds is 4. The number of amides is 1. The van der Waals surface area contributed by atoms with Crippen molar-refractivity contribution in [1.29, 1.82) is 0 Å². The zero-order valence-corrected chi connectivity index (χ0v) is 13.2. The van der Waals surface area contributed by atoms with Crippen molar-refractivity contribution >= 4 is 12.2 Å². The molecule has 3 rings (SSSR count). The van der Waals surface area contributed by atoms with Gasteiger partial charge in [0.25, 0.3) is 0 Å². The van der Waals surface area contributed by atoms with Gasteiger partial charge in [-0.1, -0.05) is 30.3 Å². The molecule has 1 saturated heterocycles. The summed E-state index contributed by atoms with van der Waals surface area (Å²) in [4.78, 5) is 19.2. The van der Waals surface area contributed by atoms with Crippen molar-refractivity contribution in [1.82, 2.24) is 9.88 Å². The highest BCUT2D eigenvalue weighted by molar-refractivity contribution is 5.50. The van der Waals surface area contributed by atoms with Crippen LogP contribution in [-0.4, -0.2) is 47.6 Å². The quantitative estimate of drug-likeness (QED) is 0.874.